The van der Waals surface area contributed by atoms with Crippen molar-refractivity contribution in [1.29, 1.82) is 0 Å². The Kier molecular flexibility index (Phi) is 12.7. The van der Waals surface area contributed by atoms with Gasteiger partial charge in [0, 0.05) is 25.4 Å². The molecule has 9 nitrogen and oxygen atoms in total. The van der Waals surface area contributed by atoms with Crippen molar-refractivity contribution in [2.75, 3.05) is 26.4 Å². The molecule has 0 bridgehead atoms. The number of hydrogen-bond donors (Lipinski definition) is 2. The van der Waals surface area contributed by atoms with Crippen molar-refractivity contribution in [3.8, 4) is 0 Å². The third-order valence-electron chi connectivity index (χ3n) is 11.7. The van der Waals surface area contributed by atoms with Gasteiger partial charge in [0.05, 0.1) is 26.4 Å². The number of hydrogen-bond acceptors (Lipinski definition) is 8. The summed E-state index contributed by atoms with van der Waals surface area (Å²) in [7, 11) is 0. The van der Waals surface area contributed by atoms with Crippen molar-refractivity contribution in [2.45, 2.75) is 104 Å². The summed E-state index contributed by atoms with van der Waals surface area (Å²) in [6.07, 6.45) is 9.42. The number of rotatable bonds is 11. The van der Waals surface area contributed by atoms with Crippen LogP contribution in [0.25, 0.3) is 0 Å². The van der Waals surface area contributed by atoms with Gasteiger partial charge in [0.2, 0.25) is 0 Å². The molecule has 0 heterocycles. The molecule has 8 atom stereocenters. The summed E-state index contributed by atoms with van der Waals surface area (Å²) in [5, 5.41) is 17.0. The fraction of sp³-hybridized carbons (Fsp3) is 0.750. The van der Waals surface area contributed by atoms with Crippen LogP contribution in [0.4, 0.5) is 9.59 Å². The van der Waals surface area contributed by atoms with E-state index >= 15 is 0 Å². The van der Waals surface area contributed by atoms with Crippen molar-refractivity contribution in [1.82, 2.24) is 0 Å². The van der Waals surface area contributed by atoms with Crippen LogP contribution in [0, 0.1) is 40.4 Å². The maximum absolute atomic E-state index is 12.3. The number of fused-ring (bicyclic) bond motifs is 5. The highest BCUT2D eigenvalue weighted by molar-refractivity contribution is 5.79. The molecule has 252 valence electrons. The molecule has 0 spiro atoms. The van der Waals surface area contributed by atoms with Gasteiger partial charge >= 0.3 is 12.3 Å². The van der Waals surface area contributed by atoms with Crippen LogP contribution in [-0.2, 0) is 30.3 Å². The van der Waals surface area contributed by atoms with Gasteiger partial charge in [0.15, 0.2) is 0 Å². The van der Waals surface area contributed by atoms with Crippen LogP contribution >= 0.6 is 0 Å². The summed E-state index contributed by atoms with van der Waals surface area (Å²) in [6, 6.07) is 9.81. The number of benzene rings is 1. The Balaban J connectivity index is 0.000000259. The summed E-state index contributed by atoms with van der Waals surface area (Å²) >= 11 is 0. The van der Waals surface area contributed by atoms with Crippen molar-refractivity contribution < 1.29 is 43.5 Å². The van der Waals surface area contributed by atoms with E-state index in [1.54, 1.807) is 6.92 Å². The van der Waals surface area contributed by atoms with Crippen molar-refractivity contribution in [2.24, 2.45) is 40.4 Å². The quantitative estimate of drug-likeness (QED) is 0.189. The fourth-order valence-corrected chi connectivity index (χ4v) is 9.47. The number of Topliss-reactive ketones (excluding diaryl/α,β-unsaturated/α-hetero) is 1. The molecule has 0 aromatic heterocycles. The highest BCUT2D eigenvalue weighted by atomic mass is 16.7. The van der Waals surface area contributed by atoms with Crippen molar-refractivity contribution in [3.63, 3.8) is 0 Å². The van der Waals surface area contributed by atoms with E-state index in [1.807, 2.05) is 30.3 Å². The normalized spacial score (nSPS) is 33.3. The van der Waals surface area contributed by atoms with Crippen molar-refractivity contribution in [3.05, 3.63) is 35.9 Å². The average molecular weight is 631 g/mol. The number of ether oxygens (including phenoxy) is 4. The number of carboxylic acid groups (broad SMARTS) is 1. The minimum absolute atomic E-state index is 0.0207. The molecular formula is C36H54O9. The zero-order valence-corrected chi connectivity index (χ0v) is 27.4. The first-order chi connectivity index (χ1) is 21.6. The van der Waals surface area contributed by atoms with Gasteiger partial charge in [-0.1, -0.05) is 44.2 Å². The highest BCUT2D eigenvalue weighted by Gasteiger charge is 2.61. The average Bonchev–Trinajstić information content (AvgIpc) is 3.37. The lowest BCUT2D eigenvalue weighted by molar-refractivity contribution is -0.140. The lowest BCUT2D eigenvalue weighted by atomic mass is 9.44. The van der Waals surface area contributed by atoms with Crippen LogP contribution in [0.3, 0.4) is 0 Å². The number of carbonyl (C=O) groups excluding carboxylic acids is 2. The van der Waals surface area contributed by atoms with E-state index in [9.17, 15) is 14.4 Å². The molecule has 5 rings (SSSR count). The predicted octanol–water partition coefficient (Wildman–Crippen LogP) is 7.43. The van der Waals surface area contributed by atoms with Gasteiger partial charge in [0.1, 0.15) is 11.9 Å². The smallest absolute Gasteiger partial charge is 0.450 e. The molecule has 4 saturated carbocycles. The standard InChI is InChI=1S/C25H40O5.C11H14O4/c1-16(27)20-7-8-21-19-6-5-17-15-18(30-23(28)29-14-4-13-26)9-11-24(17,2)22(19)10-12-25(20,21)3;12-11(13)15-8-4-7-14-9-10-5-2-1-3-6-10/h17-22,26H,4-15H2,1-3H3;1-3,5-6H,4,7-9H2,(H,12,13)/t17-,18+,19-,20+,21-,22-,24-,25+;/m0./s1. The number of aliphatic hydroxyl groups is 1. The maximum Gasteiger partial charge on any atom is 0.508 e. The zero-order valence-electron chi connectivity index (χ0n) is 27.4. The van der Waals surface area contributed by atoms with Gasteiger partial charge < -0.3 is 29.2 Å². The highest BCUT2D eigenvalue weighted by Crippen LogP contribution is 2.67. The Hall–Kier alpha value is -2.65. The minimum Gasteiger partial charge on any atom is -0.450 e. The number of ketones is 1. The molecule has 0 amide bonds. The Labute approximate surface area is 268 Å². The molecule has 0 radical (unpaired) electrons. The summed E-state index contributed by atoms with van der Waals surface area (Å²) in [4.78, 5) is 34.2. The lowest BCUT2D eigenvalue weighted by Gasteiger charge is -2.61. The van der Waals surface area contributed by atoms with E-state index in [0.717, 1.165) is 43.1 Å². The largest absolute Gasteiger partial charge is 0.508 e. The molecule has 1 aromatic carbocycles. The lowest BCUT2D eigenvalue weighted by Crippen LogP contribution is -2.54. The second kappa shape index (κ2) is 16.3. The Bertz CT molecular complexity index is 1110. The first-order valence-corrected chi connectivity index (χ1v) is 17.0. The molecule has 0 aliphatic heterocycles. The Morgan fingerprint density at radius 3 is 2.27 bits per heavy atom. The van der Waals surface area contributed by atoms with Gasteiger partial charge in [-0.25, -0.2) is 9.59 Å². The van der Waals surface area contributed by atoms with E-state index in [4.69, 9.17) is 24.4 Å². The van der Waals surface area contributed by atoms with Gasteiger partial charge in [-0.05, 0) is 105 Å². The maximum atomic E-state index is 12.3. The number of aliphatic hydroxyl groups excluding tert-OH is 1. The van der Waals surface area contributed by atoms with Gasteiger partial charge in [-0.2, -0.15) is 0 Å². The zero-order chi connectivity index (χ0) is 32.5. The van der Waals surface area contributed by atoms with E-state index in [1.165, 1.54) is 32.1 Å². The second-order valence-corrected chi connectivity index (χ2v) is 14.1. The molecule has 4 fully saturated rings. The summed E-state index contributed by atoms with van der Waals surface area (Å²) in [6.45, 7) is 8.19. The molecule has 9 heteroatoms. The first kappa shape index (κ1) is 35.2. The third kappa shape index (κ3) is 8.79. The van der Waals surface area contributed by atoms with Crippen LogP contribution < -0.4 is 0 Å². The van der Waals surface area contributed by atoms with Gasteiger partial charge in [-0.3, -0.25) is 4.79 Å². The first-order valence-electron chi connectivity index (χ1n) is 17.0. The summed E-state index contributed by atoms with van der Waals surface area (Å²) < 4.78 is 20.3. The van der Waals surface area contributed by atoms with E-state index in [2.05, 4.69) is 18.6 Å². The van der Waals surface area contributed by atoms with Crippen LogP contribution in [0.5, 0.6) is 0 Å². The van der Waals surface area contributed by atoms with Gasteiger partial charge in [-0.15, -0.1) is 0 Å². The van der Waals surface area contributed by atoms with Crippen LogP contribution in [0.15, 0.2) is 30.3 Å². The van der Waals surface area contributed by atoms with Gasteiger partial charge in [0.25, 0.3) is 0 Å². The van der Waals surface area contributed by atoms with Crippen molar-refractivity contribution >= 4 is 18.1 Å². The molecular weight excluding hydrogens is 576 g/mol. The van der Waals surface area contributed by atoms with Crippen LogP contribution in [-0.4, -0.2) is 60.8 Å². The van der Waals surface area contributed by atoms with E-state index in [-0.39, 0.29) is 37.3 Å². The summed E-state index contributed by atoms with van der Waals surface area (Å²) in [5.41, 5.74) is 1.66. The molecule has 4 aliphatic carbocycles. The Morgan fingerprint density at radius 2 is 1.56 bits per heavy atom. The molecule has 0 unspecified atom stereocenters. The van der Waals surface area contributed by atoms with Crippen LogP contribution in [0.1, 0.15) is 97.0 Å². The molecule has 0 saturated heterocycles. The second-order valence-electron chi connectivity index (χ2n) is 14.1. The SMILES string of the molecule is CC(=O)[C@H]1CC[C@H]2[C@@H]3CC[C@H]4C[C@H](OC(=O)OCCCO)CC[C@]4(C)[C@H]3CC[C@]12C.O=C(O)OCCCOCc1ccccc1. The van der Waals surface area contributed by atoms with E-state index < -0.39 is 12.3 Å². The molecule has 1 aromatic rings. The monoisotopic (exact) mass is 630 g/mol. The molecule has 2 N–H and O–H groups in total. The molecule has 45 heavy (non-hydrogen) atoms. The Morgan fingerprint density at radius 1 is 0.844 bits per heavy atom. The topological polar surface area (TPSA) is 129 Å². The fourth-order valence-electron chi connectivity index (χ4n) is 9.47. The molecule has 4 aliphatic rings. The minimum atomic E-state index is -1.24. The summed E-state index contributed by atoms with van der Waals surface area (Å²) in [5.74, 6) is 3.50. The number of carbonyl (C=O) groups is 3. The third-order valence-corrected chi connectivity index (χ3v) is 11.7. The van der Waals surface area contributed by atoms with Crippen LogP contribution in [0.2, 0.25) is 0 Å². The van der Waals surface area contributed by atoms with E-state index in [0.29, 0.717) is 49.1 Å². The predicted molar refractivity (Wildman–Crippen MR) is 169 cm³/mol.